The van der Waals surface area contributed by atoms with Crippen LogP contribution in [0.15, 0.2) is 40.2 Å². The van der Waals surface area contributed by atoms with Gasteiger partial charge in [0.1, 0.15) is 0 Å². The van der Waals surface area contributed by atoms with Crippen molar-refractivity contribution in [3.63, 3.8) is 0 Å². The maximum Gasteiger partial charge on any atom is 0.0326 e. The number of hydrogen-bond acceptors (Lipinski definition) is 2. The summed E-state index contributed by atoms with van der Waals surface area (Å²) in [6.07, 6.45) is 3.78. The summed E-state index contributed by atoms with van der Waals surface area (Å²) in [7, 11) is 0. The summed E-state index contributed by atoms with van der Waals surface area (Å²) in [6, 6.07) is 11.6. The number of benzene rings is 1. The number of fused-ring (bicyclic) bond motifs is 1. The van der Waals surface area contributed by atoms with Gasteiger partial charge in [-0.2, -0.15) is 0 Å². The fraction of sp³-hybridized carbons (Fsp3) is 0.333. The van der Waals surface area contributed by atoms with Gasteiger partial charge >= 0.3 is 0 Å². The van der Waals surface area contributed by atoms with Crippen molar-refractivity contribution in [2.75, 3.05) is 0 Å². The fourth-order valence-corrected chi connectivity index (χ4v) is 4.04. The van der Waals surface area contributed by atoms with Gasteiger partial charge in [0.2, 0.25) is 0 Å². The molecule has 3 rings (SSSR count). The summed E-state index contributed by atoms with van der Waals surface area (Å²) in [4.78, 5) is 1.39. The summed E-state index contributed by atoms with van der Waals surface area (Å²) in [5.41, 5.74) is 3.02. The molecule has 94 valence electrons. The van der Waals surface area contributed by atoms with E-state index in [9.17, 15) is 0 Å². The van der Waals surface area contributed by atoms with E-state index in [1.165, 1.54) is 39.7 Å². The second-order valence-corrected chi connectivity index (χ2v) is 6.67. The van der Waals surface area contributed by atoms with Gasteiger partial charge in [-0.05, 0) is 52.4 Å². The van der Waals surface area contributed by atoms with Crippen LogP contribution in [0.3, 0.4) is 0 Å². The molecule has 1 aromatic heterocycles. The predicted molar refractivity (Wildman–Crippen MR) is 81.0 cm³/mol. The van der Waals surface area contributed by atoms with Crippen molar-refractivity contribution in [2.24, 2.45) is 0 Å². The van der Waals surface area contributed by atoms with E-state index in [-0.39, 0.29) is 0 Å². The maximum absolute atomic E-state index is 3.70. The minimum atomic E-state index is 0.524. The third kappa shape index (κ3) is 2.68. The molecule has 18 heavy (non-hydrogen) atoms. The first kappa shape index (κ1) is 12.4. The summed E-state index contributed by atoms with van der Waals surface area (Å²) in [5, 5.41) is 5.84. The molecule has 1 aromatic carbocycles. The Bertz CT molecular complexity index is 535. The molecule has 3 heteroatoms. The molecule has 0 spiro atoms. The normalized spacial score (nSPS) is 18.6. The standard InChI is InChI=1S/C15H16BrNS/c16-12-8-13(18-10-12)9-17-15-7-3-5-11-4-1-2-6-14(11)15/h1-2,4,6,8,10,15,17H,3,5,7,9H2/t15-/m1/s1. The Hall–Kier alpha value is -0.640. The van der Waals surface area contributed by atoms with Gasteiger partial charge in [-0.1, -0.05) is 24.3 Å². The van der Waals surface area contributed by atoms with Crippen molar-refractivity contribution in [1.82, 2.24) is 5.32 Å². The number of rotatable bonds is 3. The molecule has 1 heterocycles. The van der Waals surface area contributed by atoms with Gasteiger partial charge in [-0.3, -0.25) is 0 Å². The lowest BCUT2D eigenvalue weighted by Gasteiger charge is -2.26. The summed E-state index contributed by atoms with van der Waals surface area (Å²) < 4.78 is 1.19. The fourth-order valence-electron chi connectivity index (χ4n) is 2.64. The van der Waals surface area contributed by atoms with E-state index in [0.29, 0.717) is 6.04 Å². The topological polar surface area (TPSA) is 12.0 Å². The Balaban J connectivity index is 1.71. The Morgan fingerprint density at radius 1 is 1.33 bits per heavy atom. The molecular formula is C15H16BrNS. The van der Waals surface area contributed by atoms with Crippen molar-refractivity contribution in [3.05, 3.63) is 56.2 Å². The van der Waals surface area contributed by atoms with Crippen LogP contribution in [0.25, 0.3) is 0 Å². The van der Waals surface area contributed by atoms with Crippen molar-refractivity contribution in [3.8, 4) is 0 Å². The zero-order valence-electron chi connectivity index (χ0n) is 10.2. The Kier molecular flexibility index (Phi) is 3.83. The van der Waals surface area contributed by atoms with E-state index in [1.54, 1.807) is 0 Å². The highest BCUT2D eigenvalue weighted by atomic mass is 79.9. The van der Waals surface area contributed by atoms with E-state index in [4.69, 9.17) is 0 Å². The van der Waals surface area contributed by atoms with Crippen molar-refractivity contribution in [1.29, 1.82) is 0 Å². The van der Waals surface area contributed by atoms with E-state index < -0.39 is 0 Å². The number of thiophene rings is 1. The van der Waals surface area contributed by atoms with Gasteiger partial charge in [-0.15, -0.1) is 11.3 Å². The third-order valence-corrected chi connectivity index (χ3v) is 5.21. The number of aryl methyl sites for hydroxylation is 1. The molecule has 2 aromatic rings. The van der Waals surface area contributed by atoms with Crippen molar-refractivity contribution >= 4 is 27.3 Å². The summed E-state index contributed by atoms with van der Waals surface area (Å²) in [5.74, 6) is 0. The third-order valence-electron chi connectivity index (χ3n) is 3.51. The van der Waals surface area contributed by atoms with E-state index >= 15 is 0 Å². The maximum atomic E-state index is 3.70. The highest BCUT2D eigenvalue weighted by Crippen LogP contribution is 2.30. The number of halogens is 1. The molecule has 1 aliphatic rings. The molecule has 1 nitrogen and oxygen atoms in total. The molecule has 0 saturated carbocycles. The average molecular weight is 322 g/mol. The quantitative estimate of drug-likeness (QED) is 0.865. The van der Waals surface area contributed by atoms with E-state index in [2.05, 4.69) is 57.0 Å². The zero-order valence-corrected chi connectivity index (χ0v) is 12.6. The average Bonchev–Trinajstić information content (AvgIpc) is 2.82. The van der Waals surface area contributed by atoms with E-state index in [0.717, 1.165) is 6.54 Å². The molecular weight excluding hydrogens is 306 g/mol. The summed E-state index contributed by atoms with van der Waals surface area (Å²) >= 11 is 5.32. The monoisotopic (exact) mass is 321 g/mol. The van der Waals surface area contributed by atoms with Gasteiger partial charge in [0, 0.05) is 27.3 Å². The van der Waals surface area contributed by atoms with Gasteiger partial charge < -0.3 is 5.32 Å². The first-order valence-electron chi connectivity index (χ1n) is 6.37. The Morgan fingerprint density at radius 2 is 2.22 bits per heavy atom. The second-order valence-electron chi connectivity index (χ2n) is 4.76. The SMILES string of the molecule is Brc1csc(CN[C@@H]2CCCc3ccccc32)c1. The number of nitrogens with one attached hydrogen (secondary N) is 1. The van der Waals surface area contributed by atoms with Gasteiger partial charge in [0.25, 0.3) is 0 Å². The molecule has 1 N–H and O–H groups in total. The molecule has 0 amide bonds. The van der Waals surface area contributed by atoms with Crippen LogP contribution < -0.4 is 5.32 Å². The molecule has 0 unspecified atom stereocenters. The van der Waals surface area contributed by atoms with Gasteiger partial charge in [-0.25, -0.2) is 0 Å². The van der Waals surface area contributed by atoms with Crippen LogP contribution in [-0.4, -0.2) is 0 Å². The molecule has 0 radical (unpaired) electrons. The second kappa shape index (κ2) is 5.55. The van der Waals surface area contributed by atoms with Crippen LogP contribution >= 0.6 is 27.3 Å². The Labute approximate surface area is 120 Å². The van der Waals surface area contributed by atoms with Crippen LogP contribution in [-0.2, 0) is 13.0 Å². The van der Waals surface area contributed by atoms with Crippen LogP contribution in [0.4, 0.5) is 0 Å². The molecule has 1 aliphatic carbocycles. The highest BCUT2D eigenvalue weighted by Gasteiger charge is 2.18. The van der Waals surface area contributed by atoms with E-state index in [1.807, 2.05) is 11.3 Å². The molecule has 0 fully saturated rings. The molecule has 0 saturated heterocycles. The Morgan fingerprint density at radius 3 is 3.06 bits per heavy atom. The van der Waals surface area contributed by atoms with Crippen LogP contribution in [0.5, 0.6) is 0 Å². The predicted octanol–water partition coefficient (Wildman–Crippen LogP) is 4.68. The smallest absolute Gasteiger partial charge is 0.0326 e. The molecule has 0 aliphatic heterocycles. The molecule has 0 bridgehead atoms. The lowest BCUT2D eigenvalue weighted by atomic mass is 9.88. The first-order valence-corrected chi connectivity index (χ1v) is 8.04. The van der Waals surface area contributed by atoms with Gasteiger partial charge in [0.15, 0.2) is 0 Å². The lowest BCUT2D eigenvalue weighted by molar-refractivity contribution is 0.461. The van der Waals surface area contributed by atoms with Crippen molar-refractivity contribution < 1.29 is 0 Å². The lowest BCUT2D eigenvalue weighted by Crippen LogP contribution is -2.24. The van der Waals surface area contributed by atoms with Crippen LogP contribution in [0.2, 0.25) is 0 Å². The minimum Gasteiger partial charge on any atom is -0.305 e. The summed E-state index contributed by atoms with van der Waals surface area (Å²) in [6.45, 7) is 0.968. The van der Waals surface area contributed by atoms with Gasteiger partial charge in [0.05, 0.1) is 0 Å². The molecule has 1 atom stereocenters. The largest absolute Gasteiger partial charge is 0.305 e. The number of hydrogen-bond donors (Lipinski definition) is 1. The van der Waals surface area contributed by atoms with Crippen LogP contribution in [0, 0.1) is 0 Å². The highest BCUT2D eigenvalue weighted by molar-refractivity contribution is 9.10. The van der Waals surface area contributed by atoms with Crippen molar-refractivity contribution in [2.45, 2.75) is 31.8 Å². The zero-order chi connectivity index (χ0) is 12.4. The minimum absolute atomic E-state index is 0.524. The van der Waals surface area contributed by atoms with Crippen LogP contribution in [0.1, 0.15) is 34.9 Å². The first-order chi connectivity index (χ1) is 8.83.